The third-order valence-corrected chi connectivity index (χ3v) is 5.23. The number of aromatic nitrogens is 3. The molecule has 2 unspecified atom stereocenters. The quantitative estimate of drug-likeness (QED) is 0.770. The van der Waals surface area contributed by atoms with Crippen LogP contribution in [0.5, 0.6) is 5.88 Å². The molecule has 0 spiro atoms. The lowest BCUT2D eigenvalue weighted by Gasteiger charge is -2.28. The highest BCUT2D eigenvalue weighted by Crippen LogP contribution is 2.35. The molecule has 164 valence electrons. The van der Waals surface area contributed by atoms with Crippen LogP contribution in [0.15, 0.2) is 30.7 Å². The first-order chi connectivity index (χ1) is 14.0. The van der Waals surface area contributed by atoms with Gasteiger partial charge in [-0.1, -0.05) is 0 Å². The van der Waals surface area contributed by atoms with E-state index in [-0.39, 0.29) is 24.5 Å². The lowest BCUT2D eigenvalue weighted by molar-refractivity contribution is -0.139. The molecule has 1 aliphatic rings. The van der Waals surface area contributed by atoms with Gasteiger partial charge in [-0.25, -0.2) is 4.98 Å². The number of nitrogens with zero attached hydrogens (tertiary/aromatic N) is 4. The fourth-order valence-electron chi connectivity index (χ4n) is 3.52. The molecule has 0 radical (unpaired) electrons. The number of ether oxygens (including phenoxy) is 1. The minimum atomic E-state index is -4.58. The van der Waals surface area contributed by atoms with Crippen molar-refractivity contribution in [2.24, 2.45) is 12.5 Å². The van der Waals surface area contributed by atoms with Crippen molar-refractivity contribution in [3.05, 3.63) is 41.9 Å². The lowest BCUT2D eigenvalue weighted by atomic mass is 9.91. The van der Waals surface area contributed by atoms with Crippen LogP contribution in [0.3, 0.4) is 0 Å². The lowest BCUT2D eigenvalue weighted by Crippen LogP contribution is -2.48. The monoisotopic (exact) mass is 425 g/mol. The van der Waals surface area contributed by atoms with E-state index in [0.29, 0.717) is 6.54 Å². The van der Waals surface area contributed by atoms with Crippen LogP contribution in [-0.4, -0.2) is 58.4 Å². The highest BCUT2D eigenvalue weighted by molar-refractivity contribution is 5.82. The molecule has 10 heteroatoms. The molecule has 1 saturated heterocycles. The summed E-state index contributed by atoms with van der Waals surface area (Å²) in [6.45, 7) is 4.47. The Hall–Kier alpha value is -2.62. The minimum Gasteiger partial charge on any atom is -0.476 e. The van der Waals surface area contributed by atoms with E-state index >= 15 is 0 Å². The van der Waals surface area contributed by atoms with Crippen molar-refractivity contribution in [3.63, 3.8) is 0 Å². The van der Waals surface area contributed by atoms with Gasteiger partial charge < -0.3 is 15.0 Å². The molecule has 1 fully saturated rings. The molecule has 2 aromatic heterocycles. The van der Waals surface area contributed by atoms with Crippen LogP contribution in [0, 0.1) is 5.41 Å². The molecule has 0 aliphatic carbocycles. The van der Waals surface area contributed by atoms with Gasteiger partial charge in [0.15, 0.2) is 0 Å². The maximum Gasteiger partial charge on any atom is 0.421 e. The molecule has 0 aromatic carbocycles. The highest BCUT2D eigenvalue weighted by Gasteiger charge is 2.39. The molecule has 2 aromatic rings. The van der Waals surface area contributed by atoms with E-state index in [2.05, 4.69) is 20.3 Å². The second kappa shape index (κ2) is 8.25. The van der Waals surface area contributed by atoms with Crippen molar-refractivity contribution < 1.29 is 22.7 Å². The van der Waals surface area contributed by atoms with E-state index in [4.69, 9.17) is 4.74 Å². The van der Waals surface area contributed by atoms with Gasteiger partial charge in [0.2, 0.25) is 11.8 Å². The predicted molar refractivity (Wildman–Crippen MR) is 104 cm³/mol. The number of pyridine rings is 1. The average molecular weight is 425 g/mol. The van der Waals surface area contributed by atoms with Crippen molar-refractivity contribution in [1.29, 1.82) is 0 Å². The molecule has 1 N–H and O–H groups in total. The summed E-state index contributed by atoms with van der Waals surface area (Å²) in [5.74, 6) is -0.738. The van der Waals surface area contributed by atoms with E-state index in [1.807, 2.05) is 20.3 Å². The van der Waals surface area contributed by atoms with Gasteiger partial charge in [0.25, 0.3) is 0 Å². The first-order valence-electron chi connectivity index (χ1n) is 9.60. The van der Waals surface area contributed by atoms with Crippen LogP contribution in [0.25, 0.3) is 0 Å². The smallest absolute Gasteiger partial charge is 0.421 e. The van der Waals surface area contributed by atoms with E-state index in [0.717, 1.165) is 18.2 Å². The zero-order valence-corrected chi connectivity index (χ0v) is 17.4. The number of likely N-dealkylation sites (tertiary alicyclic amines) is 1. The predicted octanol–water partition coefficient (Wildman–Crippen LogP) is 2.45. The number of carbonyl (C=O) groups is 1. The van der Waals surface area contributed by atoms with Gasteiger partial charge in [-0.05, 0) is 38.6 Å². The number of hydrogen-bond acceptors (Lipinski definition) is 5. The third-order valence-electron chi connectivity index (χ3n) is 5.23. The van der Waals surface area contributed by atoms with Crippen molar-refractivity contribution in [1.82, 2.24) is 25.0 Å². The largest absolute Gasteiger partial charge is 0.476 e. The fraction of sp³-hybridized carbons (Fsp3) is 0.550. The topological polar surface area (TPSA) is 72.3 Å². The zero-order valence-electron chi connectivity index (χ0n) is 17.4. The van der Waals surface area contributed by atoms with E-state index < -0.39 is 23.0 Å². The standard InChI is InChI=1S/C20H26F3N5O2/c1-19(2,12-30-17-15(20(21,22)23)6-5-7-24-17)18(29)26-16-11-27(3)10-14(16)13-8-25-28(4)9-13/h5-9,14,16H,10-12H2,1-4H3,(H,26,29). The summed E-state index contributed by atoms with van der Waals surface area (Å²) in [5, 5.41) is 7.25. The SMILES string of the molecule is CN1CC(NC(=O)C(C)(C)COc2ncccc2C(F)(F)F)C(c2cnn(C)c2)C1. The van der Waals surface area contributed by atoms with Gasteiger partial charge in [-0.2, -0.15) is 18.3 Å². The number of likely N-dealkylation sites (N-methyl/N-ethyl adjacent to an activating group) is 1. The van der Waals surface area contributed by atoms with Gasteiger partial charge in [0.1, 0.15) is 12.2 Å². The van der Waals surface area contributed by atoms with Crippen LogP contribution in [0.1, 0.15) is 30.9 Å². The first-order valence-corrected chi connectivity index (χ1v) is 9.60. The number of nitrogens with one attached hydrogen (secondary N) is 1. The molecule has 0 saturated carbocycles. The Labute approximate surface area is 173 Å². The summed E-state index contributed by atoms with van der Waals surface area (Å²) < 4.78 is 46.4. The number of halogens is 3. The maximum absolute atomic E-state index is 13.1. The van der Waals surface area contributed by atoms with Crippen LogP contribution >= 0.6 is 0 Å². The van der Waals surface area contributed by atoms with Crippen LogP contribution < -0.4 is 10.1 Å². The molecule has 3 heterocycles. The minimum absolute atomic E-state index is 0.0805. The van der Waals surface area contributed by atoms with Crippen LogP contribution in [-0.2, 0) is 18.0 Å². The zero-order chi connectivity index (χ0) is 22.1. The van der Waals surface area contributed by atoms with Gasteiger partial charge in [0, 0.05) is 44.5 Å². The third kappa shape index (κ3) is 4.92. The molecule has 0 bridgehead atoms. The maximum atomic E-state index is 13.1. The Balaban J connectivity index is 1.67. The summed E-state index contributed by atoms with van der Waals surface area (Å²) >= 11 is 0. The van der Waals surface area contributed by atoms with Gasteiger partial charge >= 0.3 is 6.18 Å². The van der Waals surface area contributed by atoms with E-state index in [1.165, 1.54) is 12.3 Å². The Morgan fingerprint density at radius 3 is 2.67 bits per heavy atom. The van der Waals surface area contributed by atoms with Gasteiger partial charge in [-0.15, -0.1) is 0 Å². The summed E-state index contributed by atoms with van der Waals surface area (Å²) in [4.78, 5) is 18.7. The van der Waals surface area contributed by atoms with Crippen molar-refractivity contribution in [3.8, 4) is 5.88 Å². The molecule has 1 aliphatic heterocycles. The first kappa shape index (κ1) is 22.1. The molecule has 3 rings (SSSR count). The summed E-state index contributed by atoms with van der Waals surface area (Å²) in [6.07, 6.45) is 0.361. The van der Waals surface area contributed by atoms with Gasteiger partial charge in [-0.3, -0.25) is 9.48 Å². The Kier molecular flexibility index (Phi) is 6.07. The van der Waals surface area contributed by atoms with Gasteiger partial charge in [0.05, 0.1) is 11.6 Å². The van der Waals surface area contributed by atoms with E-state index in [1.54, 1.807) is 24.7 Å². The molecule has 30 heavy (non-hydrogen) atoms. The van der Waals surface area contributed by atoms with Crippen molar-refractivity contribution >= 4 is 5.91 Å². The number of carbonyl (C=O) groups excluding carboxylic acids is 1. The molecule has 1 amide bonds. The Morgan fingerprint density at radius 1 is 1.30 bits per heavy atom. The molecule has 7 nitrogen and oxygen atoms in total. The second-order valence-corrected chi connectivity index (χ2v) is 8.38. The van der Waals surface area contributed by atoms with E-state index in [9.17, 15) is 18.0 Å². The second-order valence-electron chi connectivity index (χ2n) is 8.38. The summed E-state index contributed by atoms with van der Waals surface area (Å²) in [6, 6.07) is 1.97. The fourth-order valence-corrected chi connectivity index (χ4v) is 3.52. The molecular formula is C20H26F3N5O2. The highest BCUT2D eigenvalue weighted by atomic mass is 19.4. The van der Waals surface area contributed by atoms with Crippen molar-refractivity contribution in [2.45, 2.75) is 32.0 Å². The molecular weight excluding hydrogens is 399 g/mol. The molecule has 2 atom stereocenters. The Morgan fingerprint density at radius 2 is 2.03 bits per heavy atom. The summed E-state index contributed by atoms with van der Waals surface area (Å²) in [7, 11) is 3.81. The van der Waals surface area contributed by atoms with Crippen LogP contribution in [0.4, 0.5) is 13.2 Å². The Bertz CT molecular complexity index is 897. The normalized spacial score (nSPS) is 20.4. The summed E-state index contributed by atoms with van der Waals surface area (Å²) in [5.41, 5.74) is -0.985. The average Bonchev–Trinajstić information content (AvgIpc) is 3.24. The number of amides is 1. The van der Waals surface area contributed by atoms with Crippen LogP contribution in [0.2, 0.25) is 0 Å². The number of rotatable bonds is 6. The van der Waals surface area contributed by atoms with Crippen molar-refractivity contribution in [2.75, 3.05) is 26.7 Å². The number of alkyl halides is 3. The number of aryl methyl sites for hydroxylation is 1. The number of hydrogen-bond donors (Lipinski definition) is 1.